The van der Waals surface area contributed by atoms with E-state index < -0.39 is 12.0 Å². The van der Waals surface area contributed by atoms with Crippen LogP contribution >= 0.6 is 11.3 Å². The molecule has 4 aromatic rings. The van der Waals surface area contributed by atoms with Crippen LogP contribution in [0.2, 0.25) is 0 Å². The van der Waals surface area contributed by atoms with Gasteiger partial charge < -0.3 is 5.11 Å². The zero-order valence-electron chi connectivity index (χ0n) is 17.9. The number of pyridine rings is 1. The Morgan fingerprint density at radius 2 is 1.81 bits per heavy atom. The number of carbonyl (C=O) groups is 1. The molecule has 32 heavy (non-hydrogen) atoms. The van der Waals surface area contributed by atoms with Gasteiger partial charge in [-0.1, -0.05) is 30.3 Å². The zero-order valence-corrected chi connectivity index (χ0v) is 18.7. The highest BCUT2D eigenvalue weighted by atomic mass is 32.1. The molecule has 1 N–H and O–H groups in total. The maximum Gasteiger partial charge on any atom is 0.306 e. The number of fused-ring (bicyclic) bond motifs is 3. The Morgan fingerprint density at radius 3 is 2.50 bits per heavy atom. The molecule has 1 aliphatic rings. The predicted molar refractivity (Wildman–Crippen MR) is 124 cm³/mol. The second-order valence-corrected chi connectivity index (χ2v) is 8.99. The second kappa shape index (κ2) is 7.80. The number of aromatic nitrogens is 4. The van der Waals surface area contributed by atoms with Gasteiger partial charge in [-0.05, 0) is 38.5 Å². The lowest BCUT2D eigenvalue weighted by Crippen LogP contribution is -2.10. The fraction of sp³-hybridized carbons (Fsp3) is 0.208. The monoisotopic (exact) mass is 443 g/mol. The summed E-state index contributed by atoms with van der Waals surface area (Å²) in [6.07, 6.45) is 1.62. The summed E-state index contributed by atoms with van der Waals surface area (Å²) in [7, 11) is 0. The van der Waals surface area contributed by atoms with E-state index in [0.717, 1.165) is 44.5 Å². The summed E-state index contributed by atoms with van der Waals surface area (Å²) in [6.45, 7) is 6.05. The number of carboxylic acids is 1. The number of aliphatic imine (C=N–C) groups is 1. The maximum absolute atomic E-state index is 11.6. The predicted octanol–water partition coefficient (Wildman–Crippen LogP) is 4.68. The molecule has 3 aromatic heterocycles. The van der Waals surface area contributed by atoms with E-state index in [1.54, 1.807) is 17.5 Å². The molecule has 0 fully saturated rings. The molecular weight excluding hydrogens is 422 g/mol. The molecule has 1 atom stereocenters. The Kier molecular flexibility index (Phi) is 4.94. The molecule has 0 saturated heterocycles. The fourth-order valence-electron chi connectivity index (χ4n) is 4.02. The van der Waals surface area contributed by atoms with Crippen LogP contribution in [0.25, 0.3) is 16.3 Å². The third-order valence-corrected chi connectivity index (χ3v) is 6.92. The number of aliphatic carboxylic acids is 1. The van der Waals surface area contributed by atoms with Crippen molar-refractivity contribution in [2.24, 2.45) is 4.99 Å². The maximum atomic E-state index is 11.6. The molecule has 1 aliphatic heterocycles. The highest BCUT2D eigenvalue weighted by Gasteiger charge is 2.32. The average Bonchev–Trinajstić information content (AvgIpc) is 3.26. The second-order valence-electron chi connectivity index (χ2n) is 7.79. The molecule has 5 rings (SSSR count). The molecule has 1 aromatic carbocycles. The Labute approximate surface area is 189 Å². The van der Waals surface area contributed by atoms with Crippen LogP contribution in [0.15, 0.2) is 53.7 Å². The molecule has 0 spiro atoms. The van der Waals surface area contributed by atoms with Gasteiger partial charge in [0, 0.05) is 27.8 Å². The van der Waals surface area contributed by atoms with Gasteiger partial charge in [-0.3, -0.25) is 19.3 Å². The average molecular weight is 444 g/mol. The van der Waals surface area contributed by atoms with Gasteiger partial charge in [0.05, 0.1) is 17.8 Å². The Morgan fingerprint density at radius 1 is 1.06 bits per heavy atom. The molecule has 7 nitrogen and oxygen atoms in total. The number of aryl methyl sites for hydroxylation is 2. The first kappa shape index (κ1) is 20.3. The Bertz CT molecular complexity index is 1350. The van der Waals surface area contributed by atoms with E-state index in [4.69, 9.17) is 4.99 Å². The molecule has 160 valence electrons. The van der Waals surface area contributed by atoms with Gasteiger partial charge >= 0.3 is 5.97 Å². The van der Waals surface area contributed by atoms with Gasteiger partial charge in [0.2, 0.25) is 0 Å². The van der Waals surface area contributed by atoms with Crippen molar-refractivity contribution in [2.45, 2.75) is 33.2 Å². The standard InChI is InChI=1S/C24H21N5O2S/c1-13-14(2)32-24-21(13)22(17-9-7-16(8-10-17)18-6-4-5-11-25-18)26-19(12-20(30)31)23-28-27-15(3)29(23)24/h4-11,19H,12H2,1-3H3,(H,30,31)/t19-/m0/s1. The third kappa shape index (κ3) is 3.33. The molecule has 0 amide bonds. The van der Waals surface area contributed by atoms with Crippen LogP contribution in [0, 0.1) is 20.8 Å². The number of benzene rings is 1. The molecule has 4 heterocycles. The number of nitrogens with zero attached hydrogens (tertiary/aromatic N) is 5. The molecule has 8 heteroatoms. The SMILES string of the molecule is Cc1sc2c(c1C)C(c1ccc(-c3ccccn3)cc1)=N[C@@H](CC(=O)O)c1nnc(C)n1-2. The lowest BCUT2D eigenvalue weighted by atomic mass is 9.98. The topological polar surface area (TPSA) is 93.3 Å². The van der Waals surface area contributed by atoms with Gasteiger partial charge in [0.25, 0.3) is 0 Å². The molecule has 0 saturated carbocycles. The number of hydrogen-bond acceptors (Lipinski definition) is 6. The minimum Gasteiger partial charge on any atom is -0.481 e. The van der Waals surface area contributed by atoms with E-state index in [-0.39, 0.29) is 6.42 Å². The molecule has 0 unspecified atom stereocenters. The summed E-state index contributed by atoms with van der Waals surface area (Å²) < 4.78 is 1.96. The summed E-state index contributed by atoms with van der Waals surface area (Å²) in [4.78, 5) is 22.2. The smallest absolute Gasteiger partial charge is 0.306 e. The highest BCUT2D eigenvalue weighted by Crippen LogP contribution is 2.39. The molecule has 0 bridgehead atoms. The fourth-order valence-corrected chi connectivity index (χ4v) is 5.24. The Balaban J connectivity index is 1.70. The van der Waals surface area contributed by atoms with Crippen molar-refractivity contribution in [3.05, 3.63) is 81.9 Å². The van der Waals surface area contributed by atoms with Crippen LogP contribution in [0.4, 0.5) is 0 Å². The Hall–Kier alpha value is -3.65. The van der Waals surface area contributed by atoms with E-state index in [2.05, 4.69) is 29.0 Å². The van der Waals surface area contributed by atoms with E-state index in [0.29, 0.717) is 5.82 Å². The molecular formula is C24H21N5O2S. The normalized spacial score (nSPS) is 15.0. The minimum atomic E-state index is -0.922. The minimum absolute atomic E-state index is 0.152. The first-order valence-corrected chi connectivity index (χ1v) is 11.1. The number of hydrogen-bond donors (Lipinski definition) is 1. The summed E-state index contributed by atoms with van der Waals surface area (Å²) in [5.74, 6) is 0.362. The summed E-state index contributed by atoms with van der Waals surface area (Å²) >= 11 is 1.66. The van der Waals surface area contributed by atoms with Crippen molar-refractivity contribution in [3.63, 3.8) is 0 Å². The van der Waals surface area contributed by atoms with Gasteiger partial charge in [0.1, 0.15) is 16.9 Å². The van der Waals surface area contributed by atoms with Crippen molar-refractivity contribution in [3.8, 4) is 16.3 Å². The van der Waals surface area contributed by atoms with E-state index in [1.165, 1.54) is 4.88 Å². The van der Waals surface area contributed by atoms with Crippen LogP contribution in [-0.4, -0.2) is 36.5 Å². The van der Waals surface area contributed by atoms with Crippen LogP contribution in [0.5, 0.6) is 0 Å². The number of rotatable bonds is 4. The summed E-state index contributed by atoms with van der Waals surface area (Å²) in [5.41, 5.74) is 5.76. The number of carboxylic acid groups (broad SMARTS) is 1. The van der Waals surface area contributed by atoms with Gasteiger partial charge in [-0.25, -0.2) is 0 Å². The lowest BCUT2D eigenvalue weighted by molar-refractivity contribution is -0.137. The van der Waals surface area contributed by atoms with Gasteiger partial charge in [0.15, 0.2) is 5.82 Å². The first-order valence-electron chi connectivity index (χ1n) is 10.3. The summed E-state index contributed by atoms with van der Waals surface area (Å²) in [6, 6.07) is 13.3. The van der Waals surface area contributed by atoms with Crippen molar-refractivity contribution < 1.29 is 9.90 Å². The van der Waals surface area contributed by atoms with Crippen molar-refractivity contribution in [1.82, 2.24) is 19.7 Å². The lowest BCUT2D eigenvalue weighted by Gasteiger charge is -2.11. The largest absolute Gasteiger partial charge is 0.481 e. The van der Waals surface area contributed by atoms with Crippen molar-refractivity contribution >= 4 is 23.0 Å². The molecule has 0 aliphatic carbocycles. The third-order valence-electron chi connectivity index (χ3n) is 5.73. The summed E-state index contributed by atoms with van der Waals surface area (Å²) in [5, 5.41) is 19.1. The van der Waals surface area contributed by atoms with E-state index >= 15 is 0 Å². The van der Waals surface area contributed by atoms with Crippen molar-refractivity contribution in [2.75, 3.05) is 0 Å². The van der Waals surface area contributed by atoms with E-state index in [1.807, 2.05) is 54.0 Å². The zero-order chi connectivity index (χ0) is 22.4. The van der Waals surface area contributed by atoms with Crippen LogP contribution < -0.4 is 0 Å². The van der Waals surface area contributed by atoms with E-state index in [9.17, 15) is 9.90 Å². The van der Waals surface area contributed by atoms with Crippen LogP contribution in [0.1, 0.15) is 45.7 Å². The van der Waals surface area contributed by atoms with Gasteiger partial charge in [-0.15, -0.1) is 21.5 Å². The van der Waals surface area contributed by atoms with Crippen LogP contribution in [-0.2, 0) is 4.79 Å². The quantitative estimate of drug-likeness (QED) is 0.494. The highest BCUT2D eigenvalue weighted by molar-refractivity contribution is 7.15. The van der Waals surface area contributed by atoms with Crippen LogP contribution in [0.3, 0.4) is 0 Å². The van der Waals surface area contributed by atoms with Crippen molar-refractivity contribution in [1.29, 1.82) is 0 Å². The number of thiophene rings is 1. The first-order chi connectivity index (χ1) is 15.4. The van der Waals surface area contributed by atoms with Gasteiger partial charge in [-0.2, -0.15) is 0 Å². The molecule has 0 radical (unpaired) electrons.